The second kappa shape index (κ2) is 18.2. The zero-order chi connectivity index (χ0) is 26.1. The molecule has 2 amide bonds. The molecule has 1 saturated heterocycles. The summed E-state index contributed by atoms with van der Waals surface area (Å²) in [5, 5.41) is 2.25. The van der Waals surface area contributed by atoms with Crippen molar-refractivity contribution in [2.75, 3.05) is 0 Å². The van der Waals surface area contributed by atoms with E-state index in [1.165, 1.54) is 45.4 Å². The van der Waals surface area contributed by atoms with Crippen LogP contribution in [-0.2, 0) is 28.7 Å². The molecule has 1 heterocycles. The summed E-state index contributed by atoms with van der Waals surface area (Å²) in [5.74, 6) is -2.72. The smallest absolute Gasteiger partial charge is 0.338 e. The highest BCUT2D eigenvalue weighted by atomic mass is 16.6. The van der Waals surface area contributed by atoms with E-state index in [4.69, 9.17) is 15.2 Å². The molecule has 0 aliphatic carbocycles. The van der Waals surface area contributed by atoms with Crippen LogP contribution in [0.25, 0.3) is 0 Å². The van der Waals surface area contributed by atoms with Gasteiger partial charge in [-0.1, -0.05) is 90.9 Å². The first-order valence-corrected chi connectivity index (χ1v) is 13.8. The molecule has 3 N–H and O–H groups in total. The highest BCUT2D eigenvalue weighted by Crippen LogP contribution is 2.32. The Labute approximate surface area is 211 Å². The molecular weight excluding hydrogens is 448 g/mol. The first-order chi connectivity index (χ1) is 16.8. The number of primary amides is 1. The van der Waals surface area contributed by atoms with Crippen LogP contribution >= 0.6 is 0 Å². The average Bonchev–Trinajstić information content (AvgIpc) is 2.80. The zero-order valence-corrected chi connectivity index (χ0v) is 22.1. The number of ether oxygens (including phenoxy) is 2. The summed E-state index contributed by atoms with van der Waals surface area (Å²) in [4.78, 5) is 47.7. The van der Waals surface area contributed by atoms with Gasteiger partial charge < -0.3 is 20.5 Å². The van der Waals surface area contributed by atoms with E-state index in [0.717, 1.165) is 51.4 Å². The minimum Gasteiger partial charge on any atom is -0.461 e. The first-order valence-electron chi connectivity index (χ1n) is 13.8. The zero-order valence-electron chi connectivity index (χ0n) is 22.1. The van der Waals surface area contributed by atoms with Crippen molar-refractivity contribution < 1.29 is 28.7 Å². The SMILES string of the molecule is CCCCCCCCCCC[C@@H](C[C@@H]1OC(=O)[C@H]1CCCCCC)OC(=O)C(NC(C)=O)C(N)=O. The lowest BCUT2D eigenvalue weighted by atomic mass is 9.86. The van der Waals surface area contributed by atoms with Crippen LogP contribution in [0, 0.1) is 5.92 Å². The molecule has 1 aliphatic rings. The second-order valence-electron chi connectivity index (χ2n) is 9.88. The highest BCUT2D eigenvalue weighted by molar-refractivity contribution is 6.03. The van der Waals surface area contributed by atoms with Crippen molar-refractivity contribution in [1.29, 1.82) is 0 Å². The molecule has 202 valence electrons. The Bertz CT molecular complexity index is 654. The van der Waals surface area contributed by atoms with E-state index in [9.17, 15) is 19.2 Å². The molecule has 0 aromatic carbocycles. The molecule has 0 radical (unpaired) electrons. The number of carbonyl (C=O) groups is 4. The minimum atomic E-state index is -1.52. The van der Waals surface area contributed by atoms with Gasteiger partial charge in [-0.05, 0) is 19.3 Å². The third-order valence-corrected chi connectivity index (χ3v) is 6.66. The molecule has 0 aromatic rings. The molecule has 1 rings (SSSR count). The molecule has 0 spiro atoms. The van der Waals surface area contributed by atoms with Crippen molar-refractivity contribution >= 4 is 23.8 Å². The Hall–Kier alpha value is -2.12. The van der Waals surface area contributed by atoms with Crippen LogP contribution in [0.4, 0.5) is 0 Å². The molecular formula is C27H48N2O6. The summed E-state index contributed by atoms with van der Waals surface area (Å²) in [7, 11) is 0. The van der Waals surface area contributed by atoms with Gasteiger partial charge in [0.05, 0.1) is 5.92 Å². The van der Waals surface area contributed by atoms with Crippen molar-refractivity contribution in [3.63, 3.8) is 0 Å². The summed E-state index contributed by atoms with van der Waals surface area (Å²) in [6, 6.07) is -1.52. The van der Waals surface area contributed by atoms with Gasteiger partial charge in [0.1, 0.15) is 12.2 Å². The third kappa shape index (κ3) is 13.0. The van der Waals surface area contributed by atoms with Gasteiger partial charge in [0.2, 0.25) is 11.9 Å². The monoisotopic (exact) mass is 496 g/mol. The molecule has 4 atom stereocenters. The molecule has 0 saturated carbocycles. The standard InChI is InChI=1S/C27H48N2O6/c1-4-6-8-10-11-12-13-14-15-17-21(34-27(33)24(25(28)31)29-20(3)30)19-23-22(26(32)35-23)18-16-9-7-5-2/h21-24H,4-19H2,1-3H3,(H2,28,31)(H,29,30)/t21-,22-,23-,24?/m0/s1. The molecule has 0 aromatic heterocycles. The topological polar surface area (TPSA) is 125 Å². The van der Waals surface area contributed by atoms with E-state index in [1.807, 2.05) is 0 Å². The maximum absolute atomic E-state index is 12.6. The summed E-state index contributed by atoms with van der Waals surface area (Å²) < 4.78 is 11.0. The number of rotatable bonds is 21. The van der Waals surface area contributed by atoms with Gasteiger partial charge in [0.25, 0.3) is 5.91 Å². The van der Waals surface area contributed by atoms with Crippen LogP contribution in [-0.4, -0.2) is 42.0 Å². The van der Waals surface area contributed by atoms with E-state index in [1.54, 1.807) is 0 Å². The van der Waals surface area contributed by atoms with E-state index in [-0.39, 0.29) is 18.0 Å². The van der Waals surface area contributed by atoms with Crippen molar-refractivity contribution in [1.82, 2.24) is 5.32 Å². The Kier molecular flexibility index (Phi) is 16.1. The lowest BCUT2D eigenvalue weighted by molar-refractivity contribution is -0.190. The van der Waals surface area contributed by atoms with Crippen LogP contribution in [0.2, 0.25) is 0 Å². The maximum Gasteiger partial charge on any atom is 0.338 e. The highest BCUT2D eigenvalue weighted by Gasteiger charge is 2.43. The van der Waals surface area contributed by atoms with Gasteiger partial charge in [0, 0.05) is 13.3 Å². The Morgan fingerprint density at radius 1 is 0.914 bits per heavy atom. The Morgan fingerprint density at radius 2 is 1.46 bits per heavy atom. The van der Waals surface area contributed by atoms with Crippen molar-refractivity contribution in [2.45, 2.75) is 142 Å². The quantitative estimate of drug-likeness (QED) is 0.135. The van der Waals surface area contributed by atoms with Gasteiger partial charge in [0.15, 0.2) is 0 Å². The fourth-order valence-corrected chi connectivity index (χ4v) is 4.55. The van der Waals surface area contributed by atoms with Crippen LogP contribution in [0.1, 0.15) is 124 Å². The van der Waals surface area contributed by atoms with Crippen LogP contribution < -0.4 is 11.1 Å². The Morgan fingerprint density at radius 3 is 1.97 bits per heavy atom. The van der Waals surface area contributed by atoms with Crippen molar-refractivity contribution in [2.24, 2.45) is 11.7 Å². The van der Waals surface area contributed by atoms with E-state index >= 15 is 0 Å². The number of nitrogens with two attached hydrogens (primary N) is 1. The largest absolute Gasteiger partial charge is 0.461 e. The number of hydrogen-bond acceptors (Lipinski definition) is 6. The van der Waals surface area contributed by atoms with Gasteiger partial charge >= 0.3 is 11.9 Å². The average molecular weight is 497 g/mol. The number of carbonyl (C=O) groups excluding carboxylic acids is 4. The van der Waals surface area contributed by atoms with E-state index in [2.05, 4.69) is 19.2 Å². The van der Waals surface area contributed by atoms with Crippen molar-refractivity contribution in [3.8, 4) is 0 Å². The number of nitrogens with one attached hydrogen (secondary N) is 1. The van der Waals surface area contributed by atoms with Gasteiger partial charge in [-0.15, -0.1) is 0 Å². The normalized spacial score (nSPS) is 18.8. The predicted octanol–water partition coefficient (Wildman–Crippen LogP) is 4.71. The van der Waals surface area contributed by atoms with E-state index in [0.29, 0.717) is 12.8 Å². The molecule has 8 nitrogen and oxygen atoms in total. The summed E-state index contributed by atoms with van der Waals surface area (Å²) in [5.41, 5.74) is 5.29. The summed E-state index contributed by atoms with van der Waals surface area (Å²) in [6.45, 7) is 5.57. The lowest BCUT2D eigenvalue weighted by Gasteiger charge is -2.37. The maximum atomic E-state index is 12.6. The minimum absolute atomic E-state index is 0.168. The van der Waals surface area contributed by atoms with Gasteiger partial charge in [-0.25, -0.2) is 4.79 Å². The summed E-state index contributed by atoms with van der Waals surface area (Å²) >= 11 is 0. The number of esters is 2. The molecule has 1 aliphatic heterocycles. The van der Waals surface area contributed by atoms with E-state index < -0.39 is 29.9 Å². The van der Waals surface area contributed by atoms with Gasteiger partial charge in [-0.2, -0.15) is 0 Å². The molecule has 0 bridgehead atoms. The molecule has 1 unspecified atom stereocenters. The third-order valence-electron chi connectivity index (χ3n) is 6.66. The molecule has 8 heteroatoms. The van der Waals surface area contributed by atoms with Crippen LogP contribution in [0.15, 0.2) is 0 Å². The fraction of sp³-hybridized carbons (Fsp3) is 0.852. The lowest BCUT2D eigenvalue weighted by Crippen LogP contribution is -2.51. The number of amides is 2. The summed E-state index contributed by atoms with van der Waals surface area (Å²) in [6.07, 6.45) is 15.9. The van der Waals surface area contributed by atoms with Gasteiger partial charge in [-0.3, -0.25) is 14.4 Å². The molecule has 1 fully saturated rings. The number of unbranched alkanes of at least 4 members (excludes halogenated alkanes) is 11. The van der Waals surface area contributed by atoms with Crippen LogP contribution in [0.3, 0.4) is 0 Å². The number of hydrogen-bond donors (Lipinski definition) is 2. The molecule has 35 heavy (non-hydrogen) atoms. The number of cyclic esters (lactones) is 1. The first kappa shape index (κ1) is 30.9. The Balaban J connectivity index is 2.60. The van der Waals surface area contributed by atoms with Crippen LogP contribution in [0.5, 0.6) is 0 Å². The second-order valence-corrected chi connectivity index (χ2v) is 9.88. The van der Waals surface area contributed by atoms with Crippen molar-refractivity contribution in [3.05, 3.63) is 0 Å². The predicted molar refractivity (Wildman–Crippen MR) is 135 cm³/mol. The fourth-order valence-electron chi connectivity index (χ4n) is 4.55.